The van der Waals surface area contributed by atoms with Crippen LogP contribution in [0.1, 0.15) is 17.5 Å². The number of nitrogens with zero attached hydrogens (tertiary/aromatic N) is 10. The molecule has 0 saturated carbocycles. The van der Waals surface area contributed by atoms with Crippen molar-refractivity contribution in [3.8, 4) is 28.7 Å². The minimum absolute atomic E-state index is 0.0273. The molecule has 10 aromatic rings. The van der Waals surface area contributed by atoms with Crippen molar-refractivity contribution < 1.29 is 134 Å². The number of benzene rings is 10. The van der Waals surface area contributed by atoms with Crippen LogP contribution in [0.15, 0.2) is 201 Å². The number of nitrogen functional groups attached to an aromatic ring is 1. The number of hydrogen-bond acceptors (Lipinski definition) is 38. The maximum atomic E-state index is 13.4. The first kappa shape index (κ1) is 77.9. The van der Waals surface area contributed by atoms with Crippen LogP contribution in [0.25, 0.3) is 43.1 Å². The molecule has 10 aromatic carbocycles. The normalized spacial score (nSPS) is 12.9. The molecule has 0 radical (unpaired) electrons. The largest absolute Gasteiger partial charge is 0.507 e. The van der Waals surface area contributed by atoms with Crippen LogP contribution in [-0.4, -0.2) is 113 Å². The molecule has 40 nitrogen and oxygen atoms in total. The van der Waals surface area contributed by atoms with Crippen LogP contribution in [0.5, 0.6) is 28.7 Å². The molecular formula is C57H45N11O29S8. The zero-order valence-corrected chi connectivity index (χ0v) is 58.7. The van der Waals surface area contributed by atoms with E-state index in [4.69, 9.17) is 21.0 Å². The number of fused-ring (bicyclic) bond motifs is 4. The van der Waals surface area contributed by atoms with Gasteiger partial charge in [-0.2, -0.15) is 52.3 Å². The van der Waals surface area contributed by atoms with Crippen molar-refractivity contribution in [2.24, 2.45) is 51.1 Å². The Labute approximate surface area is 601 Å². The summed E-state index contributed by atoms with van der Waals surface area (Å²) >= 11 is 1.23. The maximum absolute atomic E-state index is 13.4. The third kappa shape index (κ3) is 17.6. The summed E-state index contributed by atoms with van der Waals surface area (Å²) in [5.41, 5.74) is 2.74. The third-order valence-corrected chi connectivity index (χ3v) is 20.7. The molecule has 0 amide bonds. The monoisotopic (exact) mass is 1600 g/mol. The zero-order chi connectivity index (χ0) is 76.3. The van der Waals surface area contributed by atoms with E-state index in [0.717, 1.165) is 36.4 Å². The summed E-state index contributed by atoms with van der Waals surface area (Å²) < 4.78 is 197. The van der Waals surface area contributed by atoms with E-state index in [2.05, 4.69) is 79.3 Å². The van der Waals surface area contributed by atoms with Gasteiger partial charge < -0.3 is 30.9 Å². The summed E-state index contributed by atoms with van der Waals surface area (Å²) in [6.07, 6.45) is 0.136. The van der Waals surface area contributed by atoms with Gasteiger partial charge in [0.1, 0.15) is 66.0 Å². The van der Waals surface area contributed by atoms with Gasteiger partial charge in [-0.3, -0.25) is 22.8 Å². The maximum Gasteiger partial charge on any atom is 0.297 e. The highest BCUT2D eigenvalue weighted by molar-refractivity contribution is 7.95. The highest BCUT2D eigenvalue weighted by Gasteiger charge is 2.30. The highest BCUT2D eigenvalue weighted by atomic mass is 32.2. The lowest BCUT2D eigenvalue weighted by molar-refractivity contribution is -0.432. The van der Waals surface area contributed by atoms with Crippen LogP contribution >= 0.6 is 36.1 Å². The summed E-state index contributed by atoms with van der Waals surface area (Å²) in [5, 5.41) is 122. The molecule has 550 valence electrons. The number of aromatic hydroxyl groups is 4. The van der Waals surface area contributed by atoms with Crippen molar-refractivity contribution in [1.29, 1.82) is 0 Å². The quantitative estimate of drug-likeness (QED) is 0.00412. The van der Waals surface area contributed by atoms with E-state index in [9.17, 15) is 90.5 Å². The van der Waals surface area contributed by atoms with Crippen molar-refractivity contribution in [1.82, 2.24) is 0 Å². The van der Waals surface area contributed by atoms with Crippen LogP contribution in [0.2, 0.25) is 0 Å². The van der Waals surface area contributed by atoms with Gasteiger partial charge in [-0.25, -0.2) is 15.8 Å². The molecule has 105 heavy (non-hydrogen) atoms. The van der Waals surface area contributed by atoms with Gasteiger partial charge in [0.05, 0.1) is 78.4 Å². The standard InChI is InChI=1S/C57H45N11O29S8/c1-25-4-10-38(47(14-25)103(82,83)84)60-67-51-45(99-96-93-74)19-27-16-29(5-6-32(27)54(51)70)59-66-52-46(100-97-94-75)22-35-33(55(52)71)7-9-37(58)50(35)65-61-39-11-8-34-36(57(39)105(88,89)90)23-48(104(85,86)87)53(56(34)72)68-63-41-15-26(2)40(24-44(41)91-12-3-13-98-95-92-73)62-64-42-20-30(101(76,77)78)17-28-18-31(102(79,80)81)21-43(69)49(28)42/h4-11,14-24,69-75H,3,12-13,58H2,1-2H3,(H,76,77,78)(H,79,80,81)(H,82,83,84)(H,85,86,87)(H,88,89,90). The van der Waals surface area contributed by atoms with Crippen LogP contribution in [0.3, 0.4) is 0 Å². The van der Waals surface area contributed by atoms with Gasteiger partial charge in [0.25, 0.3) is 50.6 Å². The molecule has 0 saturated heterocycles. The van der Waals surface area contributed by atoms with Crippen LogP contribution in [0.4, 0.5) is 62.6 Å². The molecule has 10 rings (SSSR count). The van der Waals surface area contributed by atoms with Crippen molar-refractivity contribution in [2.75, 3.05) is 18.1 Å². The minimum atomic E-state index is -5.61. The molecule has 0 spiro atoms. The highest BCUT2D eigenvalue weighted by Crippen LogP contribution is 2.52. The van der Waals surface area contributed by atoms with Gasteiger partial charge in [0, 0.05) is 56.9 Å². The summed E-state index contributed by atoms with van der Waals surface area (Å²) in [6.45, 7) is 2.76. The number of aryl methyl sites for hydroxylation is 2. The molecule has 0 aromatic heterocycles. The first-order valence-corrected chi connectivity index (χ1v) is 37.8. The first-order valence-electron chi connectivity index (χ1n) is 28.3. The van der Waals surface area contributed by atoms with Crippen LogP contribution < -0.4 is 10.5 Å². The van der Waals surface area contributed by atoms with Gasteiger partial charge in [0.2, 0.25) is 0 Å². The fourth-order valence-electron chi connectivity index (χ4n) is 9.93. The van der Waals surface area contributed by atoms with Crippen molar-refractivity contribution in [3.63, 3.8) is 0 Å². The Bertz CT molecular complexity index is 5980. The average molecular weight is 1600 g/mol. The molecule has 0 unspecified atom stereocenters. The third-order valence-electron chi connectivity index (χ3n) is 14.5. The van der Waals surface area contributed by atoms with Gasteiger partial charge in [-0.15, -0.1) is 53.9 Å². The number of nitrogens with two attached hydrogens (primary N) is 1. The van der Waals surface area contributed by atoms with Gasteiger partial charge >= 0.3 is 0 Å². The Morgan fingerprint density at radius 1 is 0.429 bits per heavy atom. The topological polar surface area (TPSA) is 628 Å². The predicted molar refractivity (Wildman–Crippen MR) is 368 cm³/mol. The number of phenols is 4. The number of ether oxygens (including phenoxy) is 1. The lowest BCUT2D eigenvalue weighted by Crippen LogP contribution is -2.03. The molecule has 0 atom stereocenters. The second-order valence-electron chi connectivity index (χ2n) is 21.3. The van der Waals surface area contributed by atoms with E-state index in [1.165, 1.54) is 73.7 Å². The van der Waals surface area contributed by atoms with E-state index in [1.54, 1.807) is 6.92 Å². The van der Waals surface area contributed by atoms with Crippen LogP contribution in [-0.2, 0) is 78.7 Å². The molecule has 0 aliphatic rings. The molecule has 0 bridgehead atoms. The van der Waals surface area contributed by atoms with E-state index >= 15 is 0 Å². The molecule has 0 fully saturated rings. The SMILES string of the molecule is Cc1ccc(N=Nc2c(SOOO)cc3cc(N=Nc4c(SOOO)cc5c(N=Nc6ccc7c(O)c(N=Nc8cc(C)c(N=Nc9cc(S(=O)(=O)O)cc%10cc(S(=O)(=O)O)cc(O)c9%10)cc8OCCCSOOO)c(S(=O)(=O)O)cc7c6S(=O)(=O)O)c(N)ccc5c4O)ccc3c2O)c(S(=O)(=O)O)c1. The van der Waals surface area contributed by atoms with Crippen molar-refractivity contribution in [3.05, 3.63) is 126 Å². The summed E-state index contributed by atoms with van der Waals surface area (Å²) in [7, 11) is -26.0. The van der Waals surface area contributed by atoms with E-state index < -0.39 is 126 Å². The van der Waals surface area contributed by atoms with Gasteiger partial charge in [-0.1, -0.05) is 21.2 Å². The molecule has 0 aliphatic heterocycles. The lowest BCUT2D eigenvalue weighted by atomic mass is 10.1. The Hall–Kier alpha value is -9.72. The van der Waals surface area contributed by atoms with Crippen molar-refractivity contribution in [2.45, 2.75) is 54.5 Å². The van der Waals surface area contributed by atoms with Crippen molar-refractivity contribution >= 4 is 192 Å². The summed E-state index contributed by atoms with van der Waals surface area (Å²) in [5.74, 6) is -3.38. The summed E-state index contributed by atoms with van der Waals surface area (Å²) in [4.78, 5) is -5.13. The fourth-order valence-corrected chi connectivity index (χ4v) is 14.5. The minimum Gasteiger partial charge on any atom is -0.507 e. The second-order valence-corrected chi connectivity index (χ2v) is 30.5. The Morgan fingerprint density at radius 2 is 0.971 bits per heavy atom. The lowest BCUT2D eigenvalue weighted by Gasteiger charge is -2.14. The second kappa shape index (κ2) is 31.5. The number of anilines is 1. The van der Waals surface area contributed by atoms with E-state index in [1.807, 2.05) is 0 Å². The molecule has 48 heteroatoms. The van der Waals surface area contributed by atoms with Gasteiger partial charge in [0.15, 0.2) is 17.2 Å². The van der Waals surface area contributed by atoms with Gasteiger partial charge in [-0.05, 0) is 139 Å². The molecule has 14 N–H and O–H groups in total. The summed E-state index contributed by atoms with van der Waals surface area (Å²) in [6, 6.07) is 20.7. The first-order chi connectivity index (χ1) is 49.5. The zero-order valence-electron chi connectivity index (χ0n) is 52.2. The Balaban J connectivity index is 1.01. The smallest absolute Gasteiger partial charge is 0.297 e. The number of rotatable bonds is 28. The number of hydrogen-bond donors (Lipinski definition) is 13. The fraction of sp³-hybridized carbons (Fsp3) is 0.0877. The average Bonchev–Trinajstić information content (AvgIpc) is 0.745. The predicted octanol–water partition coefficient (Wildman–Crippen LogP) is 15.3. The number of phenolic OH excluding ortho intramolecular Hbond substituents is 4. The molecule has 0 aliphatic carbocycles. The van der Waals surface area contributed by atoms with Crippen LogP contribution in [0, 0.1) is 13.8 Å². The Kier molecular flexibility index (Phi) is 23.4. The van der Waals surface area contributed by atoms with E-state index in [-0.39, 0.29) is 130 Å². The van der Waals surface area contributed by atoms with E-state index in [0.29, 0.717) is 41.8 Å². The molecular weight excluding hydrogens is 1560 g/mol. The number of azo groups is 5. The Morgan fingerprint density at radius 3 is 1.62 bits per heavy atom. The molecule has 0 heterocycles.